The van der Waals surface area contributed by atoms with Gasteiger partial charge in [-0.2, -0.15) is 5.10 Å². The first kappa shape index (κ1) is 16.2. The van der Waals surface area contributed by atoms with Gasteiger partial charge in [-0.15, -0.1) is 0 Å². The van der Waals surface area contributed by atoms with E-state index < -0.39 is 23.2 Å². The zero-order chi connectivity index (χ0) is 17.2. The van der Waals surface area contributed by atoms with Crippen LogP contribution in [0.2, 0.25) is 0 Å². The number of pyridine rings is 1. The topological polar surface area (TPSA) is 63.8 Å². The highest BCUT2D eigenvalue weighted by molar-refractivity contribution is 5.30. The molecule has 24 heavy (non-hydrogen) atoms. The van der Waals surface area contributed by atoms with Crippen LogP contribution in [0.5, 0.6) is 0 Å². The molecule has 0 bridgehead atoms. The van der Waals surface area contributed by atoms with Crippen molar-refractivity contribution in [2.24, 2.45) is 0 Å². The van der Waals surface area contributed by atoms with E-state index in [-0.39, 0.29) is 12.1 Å². The van der Waals surface area contributed by atoms with Gasteiger partial charge in [0.15, 0.2) is 0 Å². The Bertz CT molecular complexity index is 811. The van der Waals surface area contributed by atoms with Crippen LogP contribution in [0.15, 0.2) is 55.2 Å². The highest BCUT2D eigenvalue weighted by Crippen LogP contribution is 2.38. The molecule has 0 fully saturated rings. The molecule has 124 valence electrons. The number of aliphatic hydroxyl groups is 1. The van der Waals surface area contributed by atoms with Crippen LogP contribution < -0.4 is 0 Å². The van der Waals surface area contributed by atoms with E-state index >= 15 is 0 Å². The minimum absolute atomic E-state index is 0.0162. The maximum Gasteiger partial charge on any atom is 0.137 e. The average molecular weight is 330 g/mol. The van der Waals surface area contributed by atoms with Gasteiger partial charge in [0, 0.05) is 29.4 Å². The minimum atomic E-state index is -1.68. The van der Waals surface area contributed by atoms with Crippen LogP contribution in [-0.4, -0.2) is 24.9 Å². The average Bonchev–Trinajstić information content (AvgIpc) is 3.07. The second kappa shape index (κ2) is 6.45. The molecular weight excluding hydrogens is 314 g/mol. The Morgan fingerprint density at radius 2 is 2.08 bits per heavy atom. The Balaban J connectivity index is 2.09. The summed E-state index contributed by atoms with van der Waals surface area (Å²) in [7, 11) is 0. The molecule has 0 aliphatic rings. The van der Waals surface area contributed by atoms with Gasteiger partial charge >= 0.3 is 0 Å². The summed E-state index contributed by atoms with van der Waals surface area (Å²) in [5, 5.41) is 15.3. The maximum absolute atomic E-state index is 14.4. The quantitative estimate of drug-likeness (QED) is 0.781. The normalized spacial score (nSPS) is 15.0. The standard InChI is InChI=1S/C17H16F2N4O/c1-12(16-4-2-3-7-21-16)17(24,9-23-11-20-10-22-23)14-6-5-13(18)8-15(14)19/h2-8,10-12,24H,9H2,1H3/t12-,17+/m0/s1. The van der Waals surface area contributed by atoms with Crippen LogP contribution >= 0.6 is 0 Å². The van der Waals surface area contributed by atoms with E-state index in [2.05, 4.69) is 15.1 Å². The summed E-state index contributed by atoms with van der Waals surface area (Å²) in [6.07, 6.45) is 4.35. The first-order chi connectivity index (χ1) is 11.5. The Hall–Kier alpha value is -2.67. The first-order valence-corrected chi connectivity index (χ1v) is 7.42. The number of hydrogen-bond acceptors (Lipinski definition) is 4. The molecule has 0 aliphatic carbocycles. The summed E-state index contributed by atoms with van der Waals surface area (Å²) in [4.78, 5) is 8.08. The van der Waals surface area contributed by atoms with E-state index in [9.17, 15) is 13.9 Å². The fourth-order valence-electron chi connectivity index (χ4n) is 2.73. The van der Waals surface area contributed by atoms with Crippen molar-refractivity contribution in [3.63, 3.8) is 0 Å². The van der Waals surface area contributed by atoms with Crippen LogP contribution in [0.25, 0.3) is 0 Å². The number of benzene rings is 1. The third-order valence-corrected chi connectivity index (χ3v) is 4.11. The van der Waals surface area contributed by atoms with Gasteiger partial charge in [-0.3, -0.25) is 4.98 Å². The Morgan fingerprint density at radius 1 is 1.25 bits per heavy atom. The summed E-state index contributed by atoms with van der Waals surface area (Å²) in [5.74, 6) is -2.09. The van der Waals surface area contributed by atoms with Crippen molar-refractivity contribution in [2.45, 2.75) is 25.0 Å². The molecule has 0 saturated heterocycles. The van der Waals surface area contributed by atoms with E-state index in [4.69, 9.17) is 0 Å². The van der Waals surface area contributed by atoms with Gasteiger partial charge in [-0.1, -0.05) is 19.1 Å². The van der Waals surface area contributed by atoms with Crippen molar-refractivity contribution in [1.82, 2.24) is 19.7 Å². The lowest BCUT2D eigenvalue weighted by molar-refractivity contribution is -0.0123. The molecule has 1 aromatic carbocycles. The largest absolute Gasteiger partial charge is 0.382 e. The Kier molecular flexibility index (Phi) is 4.35. The SMILES string of the molecule is C[C@@H](c1ccccn1)[C@](O)(Cn1cncn1)c1ccc(F)cc1F. The molecule has 2 atom stereocenters. The Morgan fingerprint density at radius 3 is 2.71 bits per heavy atom. The molecule has 0 saturated carbocycles. The zero-order valence-electron chi connectivity index (χ0n) is 13.0. The molecule has 0 radical (unpaired) electrons. The van der Waals surface area contributed by atoms with Gasteiger partial charge in [-0.25, -0.2) is 18.4 Å². The fourth-order valence-corrected chi connectivity index (χ4v) is 2.73. The molecular formula is C17H16F2N4O. The molecule has 2 aromatic heterocycles. The minimum Gasteiger partial charge on any atom is -0.382 e. The van der Waals surface area contributed by atoms with Gasteiger partial charge in [-0.05, 0) is 18.2 Å². The molecule has 0 aliphatic heterocycles. The molecule has 0 spiro atoms. The second-order valence-electron chi connectivity index (χ2n) is 5.62. The van der Waals surface area contributed by atoms with Crippen molar-refractivity contribution in [3.05, 3.63) is 78.1 Å². The summed E-state index contributed by atoms with van der Waals surface area (Å²) < 4.78 is 29.1. The number of hydrogen-bond donors (Lipinski definition) is 1. The van der Waals surface area contributed by atoms with E-state index in [1.807, 2.05) is 0 Å². The lowest BCUT2D eigenvalue weighted by Crippen LogP contribution is -2.38. The van der Waals surface area contributed by atoms with Crippen molar-refractivity contribution >= 4 is 0 Å². The lowest BCUT2D eigenvalue weighted by Gasteiger charge is -2.34. The molecule has 3 aromatic rings. The summed E-state index contributed by atoms with van der Waals surface area (Å²) in [5.41, 5.74) is -1.11. The monoisotopic (exact) mass is 330 g/mol. The zero-order valence-corrected chi connectivity index (χ0v) is 13.0. The molecule has 3 rings (SSSR count). The van der Waals surface area contributed by atoms with Gasteiger partial charge in [0.2, 0.25) is 0 Å². The summed E-state index contributed by atoms with van der Waals surface area (Å²) in [6.45, 7) is 1.69. The third-order valence-electron chi connectivity index (χ3n) is 4.11. The number of aromatic nitrogens is 4. The van der Waals surface area contributed by atoms with Crippen LogP contribution in [0.4, 0.5) is 8.78 Å². The predicted molar refractivity (Wildman–Crippen MR) is 82.9 cm³/mol. The van der Waals surface area contributed by atoms with Crippen LogP contribution in [0.1, 0.15) is 24.1 Å². The molecule has 1 N–H and O–H groups in total. The maximum atomic E-state index is 14.4. The number of rotatable bonds is 5. The van der Waals surface area contributed by atoms with Crippen molar-refractivity contribution < 1.29 is 13.9 Å². The van der Waals surface area contributed by atoms with Crippen LogP contribution in [0, 0.1) is 11.6 Å². The predicted octanol–water partition coefficient (Wildman–Crippen LogP) is 2.64. The van der Waals surface area contributed by atoms with Crippen molar-refractivity contribution in [2.75, 3.05) is 0 Å². The highest BCUT2D eigenvalue weighted by Gasteiger charge is 2.40. The smallest absolute Gasteiger partial charge is 0.137 e. The Labute approximate surface area is 137 Å². The van der Waals surface area contributed by atoms with E-state index in [1.54, 1.807) is 31.3 Å². The van der Waals surface area contributed by atoms with Gasteiger partial charge in [0.1, 0.15) is 29.9 Å². The summed E-state index contributed by atoms with van der Waals surface area (Å²) in [6, 6.07) is 8.42. The van der Waals surface area contributed by atoms with E-state index in [1.165, 1.54) is 23.4 Å². The second-order valence-corrected chi connectivity index (χ2v) is 5.62. The van der Waals surface area contributed by atoms with Crippen LogP contribution in [0.3, 0.4) is 0 Å². The van der Waals surface area contributed by atoms with E-state index in [0.29, 0.717) is 5.69 Å². The number of halogens is 2. The van der Waals surface area contributed by atoms with Crippen LogP contribution in [-0.2, 0) is 12.1 Å². The van der Waals surface area contributed by atoms with Gasteiger partial charge in [0.05, 0.1) is 6.54 Å². The van der Waals surface area contributed by atoms with E-state index in [0.717, 1.165) is 12.1 Å². The van der Waals surface area contributed by atoms with Gasteiger partial charge in [0.25, 0.3) is 0 Å². The number of nitrogens with zero attached hydrogens (tertiary/aromatic N) is 4. The fraction of sp³-hybridized carbons (Fsp3) is 0.235. The van der Waals surface area contributed by atoms with Crippen molar-refractivity contribution in [3.8, 4) is 0 Å². The third kappa shape index (κ3) is 3.03. The molecule has 7 heteroatoms. The molecule has 0 amide bonds. The first-order valence-electron chi connectivity index (χ1n) is 7.42. The summed E-state index contributed by atoms with van der Waals surface area (Å²) >= 11 is 0. The highest BCUT2D eigenvalue weighted by atomic mass is 19.1. The molecule has 0 unspecified atom stereocenters. The van der Waals surface area contributed by atoms with Gasteiger partial charge < -0.3 is 5.11 Å². The lowest BCUT2D eigenvalue weighted by atomic mass is 9.79. The molecule has 5 nitrogen and oxygen atoms in total. The van der Waals surface area contributed by atoms with Crippen molar-refractivity contribution in [1.29, 1.82) is 0 Å². The molecule has 2 heterocycles.